The van der Waals surface area contributed by atoms with Crippen molar-refractivity contribution in [2.75, 3.05) is 6.61 Å². The molecule has 0 radical (unpaired) electrons. The summed E-state index contributed by atoms with van der Waals surface area (Å²) in [5, 5.41) is 9.20. The Morgan fingerprint density at radius 3 is 2.83 bits per heavy atom. The van der Waals surface area contributed by atoms with E-state index in [1.54, 1.807) is 12.3 Å². The summed E-state index contributed by atoms with van der Waals surface area (Å²) >= 11 is 5.74. The number of nitrogens with two attached hydrogens (primary N) is 1. The number of pyridine rings is 1. The van der Waals surface area contributed by atoms with Crippen LogP contribution >= 0.6 is 24.0 Å². The van der Waals surface area contributed by atoms with Crippen LogP contribution in [-0.2, 0) is 0 Å². The van der Waals surface area contributed by atoms with Gasteiger partial charge in [0.15, 0.2) is 0 Å². The number of hydrogen-bond acceptors (Lipinski definition) is 3. The predicted octanol–water partition coefficient (Wildman–Crippen LogP) is 1.15. The average molecular weight is 209 g/mol. The molecular weight excluding hydrogens is 199 g/mol. The minimum absolute atomic E-state index is 0. The molecule has 3 N–H and O–H groups in total. The molecule has 1 aromatic heterocycles. The number of aliphatic hydroxyl groups is 1. The molecule has 0 aliphatic rings. The number of nitrogens with zero attached hydrogens (tertiary/aromatic N) is 1. The lowest BCUT2D eigenvalue weighted by molar-refractivity contribution is 0.268. The Hall–Kier alpha value is -0.350. The maximum atomic E-state index is 8.71. The summed E-state index contributed by atoms with van der Waals surface area (Å²) in [7, 11) is 0. The van der Waals surface area contributed by atoms with Gasteiger partial charge in [-0.1, -0.05) is 11.6 Å². The molecule has 1 aromatic rings. The van der Waals surface area contributed by atoms with E-state index in [1.165, 1.54) is 6.20 Å². The van der Waals surface area contributed by atoms with E-state index in [-0.39, 0.29) is 19.0 Å². The van der Waals surface area contributed by atoms with Gasteiger partial charge in [-0.3, -0.25) is 4.98 Å². The Balaban J connectivity index is 0.00000121. The molecule has 0 fully saturated rings. The van der Waals surface area contributed by atoms with E-state index >= 15 is 0 Å². The fraction of sp³-hybridized carbons (Fsp3) is 0.286. The Morgan fingerprint density at radius 1 is 1.67 bits per heavy atom. The van der Waals surface area contributed by atoms with Crippen LogP contribution < -0.4 is 5.73 Å². The quantitative estimate of drug-likeness (QED) is 0.767. The topological polar surface area (TPSA) is 59.1 Å². The summed E-state index contributed by atoms with van der Waals surface area (Å²) in [5.41, 5.74) is 6.26. The highest BCUT2D eigenvalue weighted by atomic mass is 35.5. The van der Waals surface area contributed by atoms with Gasteiger partial charge in [0.1, 0.15) is 0 Å². The summed E-state index contributed by atoms with van der Waals surface area (Å²) in [6.07, 6.45) is 3.10. The van der Waals surface area contributed by atoms with E-state index in [4.69, 9.17) is 22.4 Å². The van der Waals surface area contributed by atoms with E-state index in [2.05, 4.69) is 4.98 Å². The molecule has 1 rings (SSSR count). The van der Waals surface area contributed by atoms with Crippen molar-refractivity contribution in [3.8, 4) is 0 Å². The Labute approximate surface area is 82.0 Å². The monoisotopic (exact) mass is 208 g/mol. The standard InChI is InChI=1S/C7H9ClN2O.ClH/c8-6-3-10-2-1-5(6)7(9)4-11;/h1-3,7,11H,4,9H2;1H. The maximum Gasteiger partial charge on any atom is 0.0637 e. The molecule has 0 saturated heterocycles. The van der Waals surface area contributed by atoms with E-state index in [0.717, 1.165) is 5.56 Å². The van der Waals surface area contributed by atoms with Crippen LogP contribution in [0, 0.1) is 0 Å². The van der Waals surface area contributed by atoms with E-state index < -0.39 is 6.04 Å². The second kappa shape index (κ2) is 5.32. The highest BCUT2D eigenvalue weighted by molar-refractivity contribution is 6.31. The molecule has 0 aliphatic carbocycles. The van der Waals surface area contributed by atoms with Crippen LogP contribution in [0.1, 0.15) is 11.6 Å². The van der Waals surface area contributed by atoms with Crippen molar-refractivity contribution in [3.63, 3.8) is 0 Å². The van der Waals surface area contributed by atoms with Gasteiger partial charge in [0.25, 0.3) is 0 Å². The van der Waals surface area contributed by atoms with Gasteiger partial charge in [-0.15, -0.1) is 12.4 Å². The van der Waals surface area contributed by atoms with Gasteiger partial charge in [-0.05, 0) is 11.6 Å². The van der Waals surface area contributed by atoms with Gasteiger partial charge < -0.3 is 10.8 Å². The number of halogens is 2. The van der Waals surface area contributed by atoms with Crippen LogP contribution in [-0.4, -0.2) is 16.7 Å². The molecule has 0 bridgehead atoms. The molecule has 5 heteroatoms. The third-order valence-corrected chi connectivity index (χ3v) is 1.72. The molecule has 68 valence electrons. The van der Waals surface area contributed by atoms with Gasteiger partial charge in [0.2, 0.25) is 0 Å². The minimum Gasteiger partial charge on any atom is -0.394 e. The third-order valence-electron chi connectivity index (χ3n) is 1.40. The second-order valence-corrected chi connectivity index (χ2v) is 2.59. The summed E-state index contributed by atoms with van der Waals surface area (Å²) in [6.45, 7) is -0.107. The van der Waals surface area contributed by atoms with E-state index in [9.17, 15) is 0 Å². The zero-order valence-electron chi connectivity index (χ0n) is 6.27. The zero-order valence-corrected chi connectivity index (χ0v) is 7.85. The third kappa shape index (κ3) is 2.60. The summed E-state index contributed by atoms with van der Waals surface area (Å²) in [4.78, 5) is 3.79. The lowest BCUT2D eigenvalue weighted by Gasteiger charge is -2.08. The zero-order chi connectivity index (χ0) is 8.27. The fourth-order valence-corrected chi connectivity index (χ4v) is 1.04. The summed E-state index contributed by atoms with van der Waals surface area (Å²) in [5.74, 6) is 0. The molecule has 0 amide bonds. The predicted molar refractivity (Wildman–Crippen MR) is 50.5 cm³/mol. The fourth-order valence-electron chi connectivity index (χ4n) is 0.785. The second-order valence-electron chi connectivity index (χ2n) is 2.19. The van der Waals surface area contributed by atoms with Crippen molar-refractivity contribution in [1.82, 2.24) is 4.98 Å². The first kappa shape index (κ1) is 11.6. The molecule has 0 aromatic carbocycles. The highest BCUT2D eigenvalue weighted by Crippen LogP contribution is 2.18. The summed E-state index contributed by atoms with van der Waals surface area (Å²) in [6, 6.07) is 1.29. The van der Waals surface area contributed by atoms with Crippen molar-refractivity contribution < 1.29 is 5.11 Å². The normalized spacial score (nSPS) is 11.9. The molecular formula is C7H10Cl2N2O. The van der Waals surface area contributed by atoms with Crippen LogP contribution in [0.4, 0.5) is 0 Å². The van der Waals surface area contributed by atoms with Crippen LogP contribution in [0.3, 0.4) is 0 Å². The Kier molecular flexibility index (Phi) is 5.17. The maximum absolute atomic E-state index is 8.71. The van der Waals surface area contributed by atoms with Crippen LogP contribution in [0.2, 0.25) is 5.02 Å². The number of aliphatic hydroxyl groups excluding tert-OH is 1. The number of rotatable bonds is 2. The van der Waals surface area contributed by atoms with Gasteiger partial charge in [0, 0.05) is 12.4 Å². The van der Waals surface area contributed by atoms with Gasteiger partial charge in [-0.2, -0.15) is 0 Å². The first-order valence-electron chi connectivity index (χ1n) is 3.21. The Morgan fingerprint density at radius 2 is 2.33 bits per heavy atom. The van der Waals surface area contributed by atoms with Crippen LogP contribution in [0.25, 0.3) is 0 Å². The Bertz CT molecular complexity index is 245. The van der Waals surface area contributed by atoms with Crippen molar-refractivity contribution in [3.05, 3.63) is 29.0 Å². The molecule has 3 nitrogen and oxygen atoms in total. The minimum atomic E-state index is -0.412. The van der Waals surface area contributed by atoms with Crippen molar-refractivity contribution in [2.45, 2.75) is 6.04 Å². The van der Waals surface area contributed by atoms with Gasteiger partial charge in [0.05, 0.1) is 17.7 Å². The van der Waals surface area contributed by atoms with Gasteiger partial charge in [-0.25, -0.2) is 0 Å². The largest absolute Gasteiger partial charge is 0.394 e. The van der Waals surface area contributed by atoms with Crippen LogP contribution in [0.15, 0.2) is 18.5 Å². The molecule has 1 atom stereocenters. The van der Waals surface area contributed by atoms with Gasteiger partial charge >= 0.3 is 0 Å². The molecule has 1 heterocycles. The molecule has 12 heavy (non-hydrogen) atoms. The molecule has 0 aliphatic heterocycles. The number of hydrogen-bond donors (Lipinski definition) is 2. The van der Waals surface area contributed by atoms with E-state index in [0.29, 0.717) is 5.02 Å². The highest BCUT2D eigenvalue weighted by Gasteiger charge is 2.07. The summed E-state index contributed by atoms with van der Waals surface area (Å²) < 4.78 is 0. The van der Waals surface area contributed by atoms with Crippen LogP contribution in [0.5, 0.6) is 0 Å². The smallest absolute Gasteiger partial charge is 0.0637 e. The van der Waals surface area contributed by atoms with E-state index in [1.807, 2.05) is 0 Å². The van der Waals surface area contributed by atoms with Crippen molar-refractivity contribution in [1.29, 1.82) is 0 Å². The average Bonchev–Trinajstić information content (AvgIpc) is 2.04. The molecule has 0 spiro atoms. The SMILES string of the molecule is Cl.NC(CO)c1ccncc1Cl. The molecule has 0 saturated carbocycles. The number of aromatic nitrogens is 1. The molecule has 1 unspecified atom stereocenters. The first-order valence-corrected chi connectivity index (χ1v) is 3.59. The lowest BCUT2D eigenvalue weighted by atomic mass is 10.1. The van der Waals surface area contributed by atoms with Crippen molar-refractivity contribution >= 4 is 24.0 Å². The first-order chi connectivity index (χ1) is 5.25. The lowest BCUT2D eigenvalue weighted by Crippen LogP contribution is -2.14. The van der Waals surface area contributed by atoms with Crippen molar-refractivity contribution in [2.24, 2.45) is 5.73 Å².